The molecule has 0 aromatic heterocycles. The predicted octanol–water partition coefficient (Wildman–Crippen LogP) is 1.33. The summed E-state index contributed by atoms with van der Waals surface area (Å²) < 4.78 is 26.7. The monoisotopic (exact) mass is 310 g/mol. The normalized spacial score (nSPS) is 16.3. The Hall–Kier alpha value is -0.720. The molecule has 20 heavy (non-hydrogen) atoms. The molecular formula is C12H25NO6P+. The highest BCUT2D eigenvalue weighted by molar-refractivity contribution is 7.47. The highest BCUT2D eigenvalue weighted by Gasteiger charge is 2.24. The Balaban J connectivity index is 4.06. The number of hydrogen-bond acceptors (Lipinski definition) is 5. The van der Waals surface area contributed by atoms with E-state index < -0.39 is 19.9 Å². The van der Waals surface area contributed by atoms with E-state index in [1.165, 1.54) is 6.92 Å². The van der Waals surface area contributed by atoms with Crippen LogP contribution in [0.25, 0.3) is 0 Å². The number of quaternary nitrogens is 1. The van der Waals surface area contributed by atoms with Gasteiger partial charge in [0.2, 0.25) is 0 Å². The maximum absolute atomic E-state index is 11.6. The van der Waals surface area contributed by atoms with Gasteiger partial charge in [0.25, 0.3) is 0 Å². The van der Waals surface area contributed by atoms with E-state index in [9.17, 15) is 14.3 Å². The Morgan fingerprint density at radius 2 is 1.90 bits per heavy atom. The van der Waals surface area contributed by atoms with Crippen LogP contribution in [0.15, 0.2) is 12.2 Å². The fourth-order valence-corrected chi connectivity index (χ4v) is 1.77. The van der Waals surface area contributed by atoms with Gasteiger partial charge in [-0.2, -0.15) is 0 Å². The van der Waals surface area contributed by atoms with Crippen LogP contribution in [0.4, 0.5) is 0 Å². The minimum Gasteiger partial charge on any atom is -0.457 e. The highest BCUT2D eigenvalue weighted by atomic mass is 31.2. The second kappa shape index (κ2) is 7.90. The number of carbonyl (C=O) groups excluding carboxylic acids is 1. The molecule has 0 aromatic carbocycles. The van der Waals surface area contributed by atoms with Crippen LogP contribution in [-0.2, 0) is 23.1 Å². The number of rotatable bonds is 9. The van der Waals surface area contributed by atoms with Gasteiger partial charge in [0.1, 0.15) is 19.3 Å². The summed E-state index contributed by atoms with van der Waals surface area (Å²) in [6.45, 7) is 6.93. The van der Waals surface area contributed by atoms with Crippen molar-refractivity contribution in [1.29, 1.82) is 0 Å². The van der Waals surface area contributed by atoms with Crippen molar-refractivity contribution >= 4 is 13.8 Å². The van der Waals surface area contributed by atoms with Gasteiger partial charge in [-0.05, 0) is 13.8 Å². The summed E-state index contributed by atoms with van der Waals surface area (Å²) in [6.07, 6.45) is -0.665. The maximum atomic E-state index is 11.6. The fraction of sp³-hybridized carbons (Fsp3) is 0.750. The third-order valence-electron chi connectivity index (χ3n) is 2.15. The molecule has 0 aliphatic carbocycles. The van der Waals surface area contributed by atoms with Crippen molar-refractivity contribution in [2.75, 3.05) is 40.9 Å². The smallest absolute Gasteiger partial charge is 0.457 e. The van der Waals surface area contributed by atoms with Gasteiger partial charge in [-0.1, -0.05) is 6.58 Å². The van der Waals surface area contributed by atoms with E-state index in [0.717, 1.165) is 0 Å². The van der Waals surface area contributed by atoms with Gasteiger partial charge in [0.05, 0.1) is 27.7 Å². The summed E-state index contributed by atoms with van der Waals surface area (Å²) in [6, 6.07) is 0. The first kappa shape index (κ1) is 19.3. The summed E-state index contributed by atoms with van der Waals surface area (Å²) in [4.78, 5) is 20.7. The van der Waals surface area contributed by atoms with E-state index in [1.54, 1.807) is 6.92 Å². The average Bonchev–Trinajstić information content (AvgIpc) is 2.24. The van der Waals surface area contributed by atoms with Crippen molar-refractivity contribution in [3.63, 3.8) is 0 Å². The van der Waals surface area contributed by atoms with Crippen LogP contribution in [0.2, 0.25) is 0 Å². The number of phosphoric ester groups is 1. The van der Waals surface area contributed by atoms with Crippen molar-refractivity contribution in [1.82, 2.24) is 0 Å². The molecule has 0 amide bonds. The molecule has 0 rings (SSSR count). The van der Waals surface area contributed by atoms with Crippen molar-refractivity contribution < 1.29 is 32.5 Å². The first-order chi connectivity index (χ1) is 8.93. The zero-order chi connectivity index (χ0) is 16.0. The third-order valence-corrected chi connectivity index (χ3v) is 3.13. The number of phosphoric acid groups is 1. The molecule has 1 N–H and O–H groups in total. The van der Waals surface area contributed by atoms with Crippen LogP contribution in [0.1, 0.15) is 13.8 Å². The molecule has 2 atom stereocenters. The molecule has 7 nitrogen and oxygen atoms in total. The molecule has 0 saturated heterocycles. The van der Waals surface area contributed by atoms with E-state index in [4.69, 9.17) is 13.8 Å². The number of ether oxygens (including phenoxy) is 1. The molecule has 0 spiro atoms. The molecular weight excluding hydrogens is 285 g/mol. The molecule has 0 aliphatic rings. The van der Waals surface area contributed by atoms with Crippen molar-refractivity contribution in [3.05, 3.63) is 12.2 Å². The number of esters is 1. The molecule has 118 valence electrons. The van der Waals surface area contributed by atoms with Crippen LogP contribution in [0, 0.1) is 0 Å². The topological polar surface area (TPSA) is 82.1 Å². The second-order valence-corrected chi connectivity index (χ2v) is 7.06. The molecule has 0 heterocycles. The number of carbonyl (C=O) groups is 1. The molecule has 0 radical (unpaired) electrons. The number of likely N-dealkylation sites (N-methyl/N-ethyl adjacent to an activating group) is 1. The Labute approximate surface area is 120 Å². The van der Waals surface area contributed by atoms with Crippen LogP contribution < -0.4 is 0 Å². The SMILES string of the molecule is C=C(C)C(=O)OC(C)COP(=O)(O)OCC[N+](C)(C)C. The maximum Gasteiger partial charge on any atom is 0.472 e. The fourth-order valence-electron chi connectivity index (χ4n) is 0.984. The first-order valence-electron chi connectivity index (χ1n) is 6.22. The predicted molar refractivity (Wildman–Crippen MR) is 75.0 cm³/mol. The lowest BCUT2D eigenvalue weighted by atomic mass is 10.3. The van der Waals surface area contributed by atoms with E-state index in [0.29, 0.717) is 11.0 Å². The molecule has 0 fully saturated rings. The Bertz CT molecular complexity index is 390. The zero-order valence-corrected chi connectivity index (χ0v) is 13.7. The Morgan fingerprint density at radius 1 is 1.35 bits per heavy atom. The van der Waals surface area contributed by atoms with E-state index in [1.807, 2.05) is 21.1 Å². The Morgan fingerprint density at radius 3 is 2.35 bits per heavy atom. The summed E-state index contributed by atoms with van der Waals surface area (Å²) in [7, 11) is 1.69. The van der Waals surface area contributed by atoms with Crippen LogP contribution >= 0.6 is 7.82 Å². The lowest BCUT2D eigenvalue weighted by Gasteiger charge is -2.24. The number of nitrogens with zero attached hydrogens (tertiary/aromatic N) is 1. The summed E-state index contributed by atoms with van der Waals surface area (Å²) in [5.41, 5.74) is 0.253. The van der Waals surface area contributed by atoms with Crippen molar-refractivity contribution in [3.8, 4) is 0 Å². The largest absolute Gasteiger partial charge is 0.472 e. The summed E-state index contributed by atoms with van der Waals surface area (Å²) in [5.74, 6) is -0.570. The van der Waals surface area contributed by atoms with E-state index in [-0.39, 0.29) is 18.8 Å². The molecule has 0 aliphatic heterocycles. The van der Waals surface area contributed by atoms with Gasteiger partial charge in [-0.25, -0.2) is 9.36 Å². The lowest BCUT2D eigenvalue weighted by molar-refractivity contribution is -0.870. The molecule has 2 unspecified atom stereocenters. The van der Waals surface area contributed by atoms with Gasteiger partial charge in [-0.3, -0.25) is 9.05 Å². The van der Waals surface area contributed by atoms with Gasteiger partial charge in [0, 0.05) is 5.57 Å². The minimum atomic E-state index is -4.12. The van der Waals surface area contributed by atoms with Crippen LogP contribution in [0.5, 0.6) is 0 Å². The third kappa shape index (κ3) is 10.1. The second-order valence-electron chi connectivity index (χ2n) is 5.61. The molecule has 0 saturated carbocycles. The van der Waals surface area contributed by atoms with Crippen molar-refractivity contribution in [2.24, 2.45) is 0 Å². The summed E-state index contributed by atoms with van der Waals surface area (Å²) >= 11 is 0. The quantitative estimate of drug-likeness (QED) is 0.299. The molecule has 0 aromatic rings. The lowest BCUT2D eigenvalue weighted by Crippen LogP contribution is -2.37. The van der Waals surface area contributed by atoms with E-state index >= 15 is 0 Å². The molecule has 0 bridgehead atoms. The standard InChI is InChI=1S/C12H24NO6P/c1-10(2)12(14)19-11(3)9-18-20(15,16)17-8-7-13(4,5)6/h11H,1,7-9H2,2-6H3/p+1. The average molecular weight is 310 g/mol. The van der Waals surface area contributed by atoms with Crippen molar-refractivity contribution in [2.45, 2.75) is 20.0 Å². The zero-order valence-electron chi connectivity index (χ0n) is 12.8. The van der Waals surface area contributed by atoms with E-state index in [2.05, 4.69) is 6.58 Å². The van der Waals surface area contributed by atoms with Crippen LogP contribution in [-0.4, -0.2) is 62.4 Å². The highest BCUT2D eigenvalue weighted by Crippen LogP contribution is 2.43. The van der Waals surface area contributed by atoms with Gasteiger partial charge < -0.3 is 14.1 Å². The van der Waals surface area contributed by atoms with Crippen LogP contribution in [0.3, 0.4) is 0 Å². The summed E-state index contributed by atoms with van der Waals surface area (Å²) in [5, 5.41) is 0. The minimum absolute atomic E-state index is 0.0945. The Kier molecular flexibility index (Phi) is 7.62. The number of hydrogen-bond donors (Lipinski definition) is 1. The first-order valence-corrected chi connectivity index (χ1v) is 7.71. The van der Waals surface area contributed by atoms with Gasteiger partial charge in [-0.15, -0.1) is 0 Å². The van der Waals surface area contributed by atoms with Gasteiger partial charge in [0.15, 0.2) is 0 Å². The van der Waals surface area contributed by atoms with Gasteiger partial charge >= 0.3 is 13.8 Å². The molecule has 8 heteroatoms.